The van der Waals surface area contributed by atoms with Gasteiger partial charge < -0.3 is 5.73 Å². The van der Waals surface area contributed by atoms with E-state index < -0.39 is 28.6 Å². The fourth-order valence-corrected chi connectivity index (χ4v) is 3.87. The summed E-state index contributed by atoms with van der Waals surface area (Å²) in [6, 6.07) is 8.74. The van der Waals surface area contributed by atoms with Crippen molar-refractivity contribution in [3.8, 4) is 0 Å². The zero-order chi connectivity index (χ0) is 16.6. The second kappa shape index (κ2) is 6.21. The molecule has 0 fully saturated rings. The smallest absolute Gasteiger partial charge is 0.230 e. The molecule has 122 valence electrons. The van der Waals surface area contributed by atoms with Crippen molar-refractivity contribution in [2.45, 2.75) is 6.42 Å². The van der Waals surface area contributed by atoms with E-state index in [1.54, 1.807) is 28.6 Å². The Labute approximate surface area is 134 Å². The molecule has 0 spiro atoms. The Morgan fingerprint density at radius 3 is 2.35 bits per heavy atom. The number of nitrogens with two attached hydrogens (primary N) is 1. The average molecular weight is 341 g/mol. The number of anilines is 3. The van der Waals surface area contributed by atoms with Crippen LogP contribution >= 0.6 is 0 Å². The number of hydrogen-bond donors (Lipinski definition) is 1. The highest BCUT2D eigenvalue weighted by Gasteiger charge is 2.36. The van der Waals surface area contributed by atoms with Crippen LogP contribution in [-0.2, 0) is 11.2 Å². The van der Waals surface area contributed by atoms with E-state index in [0.29, 0.717) is 30.9 Å². The van der Waals surface area contributed by atoms with Crippen LogP contribution in [0.2, 0.25) is 0 Å². The molecular weight excluding hydrogens is 327 g/mol. The third kappa shape index (κ3) is 2.57. The van der Waals surface area contributed by atoms with Crippen LogP contribution in [0.1, 0.15) is 6.42 Å². The van der Waals surface area contributed by atoms with Gasteiger partial charge in [0.25, 0.3) is 0 Å². The maximum atomic E-state index is 14.1. The van der Waals surface area contributed by atoms with Gasteiger partial charge in [-0.1, -0.05) is 12.1 Å². The van der Waals surface area contributed by atoms with Crippen LogP contribution in [0.15, 0.2) is 36.4 Å². The third-order valence-electron chi connectivity index (χ3n) is 3.51. The molecule has 1 aliphatic rings. The van der Waals surface area contributed by atoms with Crippen LogP contribution in [-0.4, -0.2) is 17.3 Å². The van der Waals surface area contributed by atoms with E-state index in [-0.39, 0.29) is 5.69 Å². The SMILES string of the molecule is NCCCN1c2ccccc2N(c2ccc(F)c(F)c2F)S1=O. The molecule has 0 saturated carbocycles. The van der Waals surface area contributed by atoms with Crippen molar-refractivity contribution in [2.24, 2.45) is 5.73 Å². The second-order valence-electron chi connectivity index (χ2n) is 4.95. The second-order valence-corrected chi connectivity index (χ2v) is 6.22. The molecule has 0 bridgehead atoms. The van der Waals surface area contributed by atoms with Crippen molar-refractivity contribution in [1.82, 2.24) is 0 Å². The molecule has 2 aromatic carbocycles. The summed E-state index contributed by atoms with van der Waals surface area (Å²) in [7, 11) is 0. The standard InChI is InChI=1S/C15H14F3N3OS/c16-10-6-7-13(15(18)14(10)17)21-12-5-2-1-4-11(12)20(23(21)22)9-3-8-19/h1-2,4-7H,3,8-9,19H2. The van der Waals surface area contributed by atoms with Gasteiger partial charge in [0.15, 0.2) is 17.5 Å². The van der Waals surface area contributed by atoms with Crippen LogP contribution in [0.25, 0.3) is 0 Å². The summed E-state index contributed by atoms with van der Waals surface area (Å²) in [6.07, 6.45) is 0.591. The minimum absolute atomic E-state index is 0.273. The highest BCUT2D eigenvalue weighted by molar-refractivity contribution is 7.88. The Hall–Kier alpha value is -2.06. The summed E-state index contributed by atoms with van der Waals surface area (Å²) < 4.78 is 56.3. The highest BCUT2D eigenvalue weighted by atomic mass is 32.2. The van der Waals surface area contributed by atoms with E-state index in [0.717, 1.165) is 16.4 Å². The van der Waals surface area contributed by atoms with Gasteiger partial charge in [0.2, 0.25) is 11.2 Å². The first kappa shape index (κ1) is 15.8. The van der Waals surface area contributed by atoms with Crippen LogP contribution < -0.4 is 14.3 Å². The van der Waals surface area contributed by atoms with Gasteiger partial charge in [-0.3, -0.25) is 4.31 Å². The summed E-state index contributed by atoms with van der Waals surface area (Å²) in [5.74, 6) is -4.24. The topological polar surface area (TPSA) is 49.6 Å². The first-order valence-corrected chi connectivity index (χ1v) is 8.05. The summed E-state index contributed by atoms with van der Waals surface area (Å²) >= 11 is -1.79. The lowest BCUT2D eigenvalue weighted by atomic mass is 10.2. The van der Waals surface area contributed by atoms with E-state index in [1.165, 1.54) is 0 Å². The average Bonchev–Trinajstić information content (AvgIpc) is 2.83. The van der Waals surface area contributed by atoms with E-state index >= 15 is 0 Å². The van der Waals surface area contributed by atoms with Gasteiger partial charge in [-0.25, -0.2) is 21.7 Å². The van der Waals surface area contributed by atoms with Crippen molar-refractivity contribution in [2.75, 3.05) is 21.7 Å². The Bertz CT molecular complexity index is 772. The Morgan fingerprint density at radius 2 is 1.65 bits per heavy atom. The number of benzene rings is 2. The molecule has 0 aliphatic carbocycles. The van der Waals surface area contributed by atoms with Crippen molar-refractivity contribution in [1.29, 1.82) is 0 Å². The molecule has 1 heterocycles. The lowest BCUT2D eigenvalue weighted by Crippen LogP contribution is -2.31. The molecule has 0 amide bonds. The molecule has 1 atom stereocenters. The van der Waals surface area contributed by atoms with Gasteiger partial charge in [0, 0.05) is 6.54 Å². The summed E-state index contributed by atoms with van der Waals surface area (Å²) in [4.78, 5) is 0. The Morgan fingerprint density at radius 1 is 0.957 bits per heavy atom. The molecule has 8 heteroatoms. The van der Waals surface area contributed by atoms with Gasteiger partial charge in [0.05, 0.1) is 17.1 Å². The predicted molar refractivity (Wildman–Crippen MR) is 84.1 cm³/mol. The lowest BCUT2D eigenvalue weighted by Gasteiger charge is -2.20. The van der Waals surface area contributed by atoms with Crippen LogP contribution in [0.3, 0.4) is 0 Å². The number of nitrogens with zero attached hydrogens (tertiary/aromatic N) is 2. The lowest BCUT2D eigenvalue weighted by molar-refractivity contribution is 0.448. The van der Waals surface area contributed by atoms with Crippen molar-refractivity contribution in [3.63, 3.8) is 0 Å². The van der Waals surface area contributed by atoms with Gasteiger partial charge in [-0.2, -0.15) is 0 Å². The van der Waals surface area contributed by atoms with Gasteiger partial charge in [-0.05, 0) is 37.2 Å². The minimum atomic E-state index is -1.79. The molecule has 3 rings (SSSR count). The first-order valence-electron chi connectivity index (χ1n) is 6.98. The molecular formula is C15H14F3N3OS. The van der Waals surface area contributed by atoms with E-state index in [9.17, 15) is 17.4 Å². The zero-order valence-electron chi connectivity index (χ0n) is 12.0. The van der Waals surface area contributed by atoms with Gasteiger partial charge in [0.1, 0.15) is 0 Å². The molecule has 4 nitrogen and oxygen atoms in total. The Balaban J connectivity index is 2.10. The van der Waals surface area contributed by atoms with Crippen LogP contribution in [0, 0.1) is 17.5 Å². The largest absolute Gasteiger partial charge is 0.330 e. The summed E-state index contributed by atoms with van der Waals surface area (Å²) in [5, 5.41) is 0. The molecule has 1 aliphatic heterocycles. The summed E-state index contributed by atoms with van der Waals surface area (Å²) in [5.41, 5.74) is 6.31. The number of halogens is 3. The fraction of sp³-hybridized carbons (Fsp3) is 0.200. The fourth-order valence-electron chi connectivity index (χ4n) is 2.43. The molecule has 2 aromatic rings. The van der Waals surface area contributed by atoms with Crippen molar-refractivity contribution in [3.05, 3.63) is 53.8 Å². The predicted octanol–water partition coefficient (Wildman–Crippen LogP) is 2.99. The normalized spacial score (nSPS) is 16.8. The maximum absolute atomic E-state index is 14.1. The molecule has 0 saturated heterocycles. The van der Waals surface area contributed by atoms with Crippen molar-refractivity contribution < 1.29 is 17.4 Å². The van der Waals surface area contributed by atoms with Crippen LogP contribution in [0.4, 0.5) is 30.2 Å². The molecule has 0 aromatic heterocycles. The summed E-state index contributed by atoms with van der Waals surface area (Å²) in [6.45, 7) is 0.817. The number of fused-ring (bicyclic) bond motifs is 1. The molecule has 2 N–H and O–H groups in total. The number of para-hydroxylation sites is 2. The van der Waals surface area contributed by atoms with E-state index in [4.69, 9.17) is 5.73 Å². The number of rotatable bonds is 4. The Kier molecular flexibility index (Phi) is 4.27. The molecule has 1 unspecified atom stereocenters. The minimum Gasteiger partial charge on any atom is -0.330 e. The van der Waals surface area contributed by atoms with Crippen molar-refractivity contribution >= 4 is 28.2 Å². The van der Waals surface area contributed by atoms with E-state index in [1.807, 2.05) is 0 Å². The van der Waals surface area contributed by atoms with Gasteiger partial charge in [-0.15, -0.1) is 0 Å². The quantitative estimate of drug-likeness (QED) is 0.869. The monoisotopic (exact) mass is 341 g/mol. The van der Waals surface area contributed by atoms with Crippen LogP contribution in [0.5, 0.6) is 0 Å². The zero-order valence-corrected chi connectivity index (χ0v) is 12.8. The molecule has 0 radical (unpaired) electrons. The maximum Gasteiger partial charge on any atom is 0.230 e. The number of hydrogen-bond acceptors (Lipinski definition) is 2. The molecule has 23 heavy (non-hydrogen) atoms. The van der Waals surface area contributed by atoms with Gasteiger partial charge >= 0.3 is 0 Å². The highest BCUT2D eigenvalue weighted by Crippen LogP contribution is 2.44. The first-order chi connectivity index (χ1) is 11.1. The third-order valence-corrected chi connectivity index (χ3v) is 4.97. The van der Waals surface area contributed by atoms with E-state index in [2.05, 4.69) is 0 Å².